The van der Waals surface area contributed by atoms with E-state index in [9.17, 15) is 0 Å². The normalized spacial score (nSPS) is 21.8. The van der Waals surface area contributed by atoms with E-state index in [0.717, 1.165) is 12.8 Å². The van der Waals surface area contributed by atoms with E-state index in [-0.39, 0.29) is 0 Å². The molecule has 10 heavy (non-hydrogen) atoms. The van der Waals surface area contributed by atoms with E-state index in [0.29, 0.717) is 5.92 Å². The molecule has 0 heteroatoms. The van der Waals surface area contributed by atoms with Gasteiger partial charge in [-0.25, -0.2) is 0 Å². The smallest absolute Gasteiger partial charge is 0.0212 e. The van der Waals surface area contributed by atoms with Crippen LogP contribution in [0.2, 0.25) is 0 Å². The monoisotopic (exact) mass is 134 g/mol. The SMILES string of the molecule is C=CCCCC1C#CCC1. The van der Waals surface area contributed by atoms with E-state index in [1.165, 1.54) is 19.3 Å². The molecular weight excluding hydrogens is 120 g/mol. The molecule has 1 aliphatic carbocycles. The van der Waals surface area contributed by atoms with Gasteiger partial charge < -0.3 is 0 Å². The maximum absolute atomic E-state index is 3.69. The standard InChI is InChI=1S/C10H14/c1-2-3-4-7-10-8-5-6-9-10/h2,10H,1,3-5,7-8H2. The minimum Gasteiger partial charge on any atom is -0.103 e. The van der Waals surface area contributed by atoms with Gasteiger partial charge in [0.05, 0.1) is 0 Å². The van der Waals surface area contributed by atoms with Crippen molar-refractivity contribution in [3.05, 3.63) is 12.7 Å². The zero-order valence-electron chi connectivity index (χ0n) is 6.40. The lowest BCUT2D eigenvalue weighted by molar-refractivity contribution is 0.565. The Morgan fingerprint density at radius 1 is 1.60 bits per heavy atom. The van der Waals surface area contributed by atoms with E-state index in [2.05, 4.69) is 18.4 Å². The van der Waals surface area contributed by atoms with Crippen LogP contribution in [0.1, 0.15) is 32.1 Å². The van der Waals surface area contributed by atoms with Gasteiger partial charge in [-0.05, 0) is 25.7 Å². The lowest BCUT2D eigenvalue weighted by Crippen LogP contribution is -1.91. The summed E-state index contributed by atoms with van der Waals surface area (Å²) in [5, 5.41) is 0. The maximum atomic E-state index is 3.69. The Morgan fingerprint density at radius 3 is 3.10 bits per heavy atom. The number of unbranched alkanes of at least 4 members (excludes halogenated alkanes) is 1. The highest BCUT2D eigenvalue weighted by molar-refractivity contribution is 5.10. The van der Waals surface area contributed by atoms with Crippen molar-refractivity contribution in [2.45, 2.75) is 32.1 Å². The van der Waals surface area contributed by atoms with Crippen LogP contribution in [-0.2, 0) is 0 Å². The topological polar surface area (TPSA) is 0 Å². The summed E-state index contributed by atoms with van der Waals surface area (Å²) in [4.78, 5) is 0. The van der Waals surface area contributed by atoms with E-state index in [1.807, 2.05) is 6.08 Å². The molecule has 0 bridgehead atoms. The second kappa shape index (κ2) is 4.17. The molecule has 0 heterocycles. The Bertz CT molecular complexity index is 157. The van der Waals surface area contributed by atoms with E-state index in [1.54, 1.807) is 0 Å². The second-order valence-corrected chi connectivity index (χ2v) is 2.78. The minimum atomic E-state index is 0.708. The average molecular weight is 134 g/mol. The minimum absolute atomic E-state index is 0.708. The number of hydrogen-bond acceptors (Lipinski definition) is 0. The van der Waals surface area contributed by atoms with Gasteiger partial charge in [0.1, 0.15) is 0 Å². The van der Waals surface area contributed by atoms with Crippen LogP contribution in [0.4, 0.5) is 0 Å². The average Bonchev–Trinajstić information content (AvgIpc) is 2.41. The highest BCUT2D eigenvalue weighted by Gasteiger charge is 2.06. The molecule has 0 aromatic rings. The molecule has 0 saturated carbocycles. The third-order valence-electron chi connectivity index (χ3n) is 1.88. The van der Waals surface area contributed by atoms with Crippen LogP contribution in [0.15, 0.2) is 12.7 Å². The summed E-state index contributed by atoms with van der Waals surface area (Å²) in [5.41, 5.74) is 0. The van der Waals surface area contributed by atoms with Crippen molar-refractivity contribution in [2.24, 2.45) is 5.92 Å². The molecule has 0 aromatic carbocycles. The first-order valence-electron chi connectivity index (χ1n) is 4.03. The zero-order chi connectivity index (χ0) is 7.23. The van der Waals surface area contributed by atoms with Gasteiger partial charge in [-0.1, -0.05) is 12.0 Å². The lowest BCUT2D eigenvalue weighted by atomic mass is 10.0. The fourth-order valence-corrected chi connectivity index (χ4v) is 1.26. The first kappa shape index (κ1) is 7.41. The predicted octanol–water partition coefficient (Wildman–Crippen LogP) is 2.76. The van der Waals surface area contributed by atoms with Crippen LogP contribution in [-0.4, -0.2) is 0 Å². The van der Waals surface area contributed by atoms with E-state index in [4.69, 9.17) is 0 Å². The molecule has 54 valence electrons. The van der Waals surface area contributed by atoms with Gasteiger partial charge in [0, 0.05) is 12.3 Å². The third-order valence-corrected chi connectivity index (χ3v) is 1.88. The molecule has 1 unspecified atom stereocenters. The largest absolute Gasteiger partial charge is 0.103 e. The van der Waals surface area contributed by atoms with Crippen LogP contribution < -0.4 is 0 Å². The first-order valence-corrected chi connectivity index (χ1v) is 4.03. The zero-order valence-corrected chi connectivity index (χ0v) is 6.40. The number of rotatable bonds is 4. The molecule has 0 radical (unpaired) electrons. The van der Waals surface area contributed by atoms with Gasteiger partial charge in [-0.15, -0.1) is 12.5 Å². The van der Waals surface area contributed by atoms with Gasteiger partial charge in [0.15, 0.2) is 0 Å². The molecule has 1 aliphatic rings. The molecule has 0 nitrogen and oxygen atoms in total. The van der Waals surface area contributed by atoms with E-state index >= 15 is 0 Å². The van der Waals surface area contributed by atoms with Crippen LogP contribution in [0, 0.1) is 17.8 Å². The molecule has 1 rings (SSSR count). The lowest BCUT2D eigenvalue weighted by Gasteiger charge is -2.02. The van der Waals surface area contributed by atoms with E-state index < -0.39 is 0 Å². The molecular formula is C10H14. The molecule has 0 aromatic heterocycles. The predicted molar refractivity (Wildman–Crippen MR) is 44.5 cm³/mol. The van der Waals surface area contributed by atoms with Gasteiger partial charge in [-0.3, -0.25) is 0 Å². The van der Waals surface area contributed by atoms with Crippen molar-refractivity contribution in [1.29, 1.82) is 0 Å². The Morgan fingerprint density at radius 2 is 2.50 bits per heavy atom. The van der Waals surface area contributed by atoms with Crippen molar-refractivity contribution in [3.8, 4) is 11.8 Å². The molecule has 0 spiro atoms. The molecule has 0 fully saturated rings. The van der Waals surface area contributed by atoms with Crippen molar-refractivity contribution < 1.29 is 0 Å². The molecule has 0 aliphatic heterocycles. The van der Waals surface area contributed by atoms with Crippen molar-refractivity contribution >= 4 is 0 Å². The second-order valence-electron chi connectivity index (χ2n) is 2.78. The van der Waals surface area contributed by atoms with Crippen LogP contribution in [0.5, 0.6) is 0 Å². The number of allylic oxidation sites excluding steroid dienone is 1. The van der Waals surface area contributed by atoms with Crippen molar-refractivity contribution in [1.82, 2.24) is 0 Å². The fraction of sp³-hybridized carbons (Fsp3) is 0.600. The summed E-state index contributed by atoms with van der Waals surface area (Å²) >= 11 is 0. The molecule has 0 amide bonds. The quantitative estimate of drug-likeness (QED) is 0.315. The first-order chi connectivity index (χ1) is 4.93. The summed E-state index contributed by atoms with van der Waals surface area (Å²) in [6.45, 7) is 3.69. The summed E-state index contributed by atoms with van der Waals surface area (Å²) in [5.74, 6) is 7.06. The Balaban J connectivity index is 2.04. The maximum Gasteiger partial charge on any atom is 0.0212 e. The molecule has 1 atom stereocenters. The third kappa shape index (κ3) is 2.27. The Labute approximate surface area is 63.3 Å². The summed E-state index contributed by atoms with van der Waals surface area (Å²) in [7, 11) is 0. The Kier molecular flexibility index (Phi) is 3.09. The fourth-order valence-electron chi connectivity index (χ4n) is 1.26. The summed E-state index contributed by atoms with van der Waals surface area (Å²) < 4.78 is 0. The highest BCUT2D eigenvalue weighted by Crippen LogP contribution is 2.17. The van der Waals surface area contributed by atoms with Crippen molar-refractivity contribution in [2.75, 3.05) is 0 Å². The van der Waals surface area contributed by atoms with Crippen LogP contribution in [0.25, 0.3) is 0 Å². The van der Waals surface area contributed by atoms with Gasteiger partial charge in [0.25, 0.3) is 0 Å². The van der Waals surface area contributed by atoms with Gasteiger partial charge >= 0.3 is 0 Å². The van der Waals surface area contributed by atoms with Crippen LogP contribution in [0.3, 0.4) is 0 Å². The van der Waals surface area contributed by atoms with Crippen molar-refractivity contribution in [3.63, 3.8) is 0 Å². The Hall–Kier alpha value is -0.700. The summed E-state index contributed by atoms with van der Waals surface area (Å²) in [6, 6.07) is 0. The molecule has 0 N–H and O–H groups in total. The van der Waals surface area contributed by atoms with Gasteiger partial charge in [0.2, 0.25) is 0 Å². The van der Waals surface area contributed by atoms with Crippen LogP contribution >= 0.6 is 0 Å². The highest BCUT2D eigenvalue weighted by atomic mass is 14.1. The summed E-state index contributed by atoms with van der Waals surface area (Å²) in [6.07, 6.45) is 8.08. The molecule has 0 saturated heterocycles. The number of hydrogen-bond donors (Lipinski definition) is 0. The van der Waals surface area contributed by atoms with Gasteiger partial charge in [-0.2, -0.15) is 0 Å².